The van der Waals surface area contributed by atoms with Crippen molar-refractivity contribution in [3.63, 3.8) is 0 Å². The maximum Gasteiger partial charge on any atom is 0.224 e. The molecule has 0 unspecified atom stereocenters. The maximum atomic E-state index is 5.80. The van der Waals surface area contributed by atoms with Gasteiger partial charge in [0.05, 0.1) is 6.33 Å². The van der Waals surface area contributed by atoms with Crippen molar-refractivity contribution in [3.8, 4) is 0 Å². The summed E-state index contributed by atoms with van der Waals surface area (Å²) in [6, 6.07) is 0. The number of anilines is 2. The number of aromatic amines is 1. The quantitative estimate of drug-likeness (QED) is 0.594. The van der Waals surface area contributed by atoms with E-state index in [1.807, 2.05) is 0 Å². The zero-order valence-corrected chi connectivity index (χ0v) is 12.5. The summed E-state index contributed by atoms with van der Waals surface area (Å²) in [6.07, 6.45) is 6.36. The van der Waals surface area contributed by atoms with Crippen molar-refractivity contribution in [1.29, 1.82) is 0 Å². The van der Waals surface area contributed by atoms with Crippen molar-refractivity contribution in [2.24, 2.45) is 0 Å². The smallest absolute Gasteiger partial charge is 0.224 e. The average molecular weight is 301 g/mol. The molecule has 3 aromatic rings. The van der Waals surface area contributed by atoms with Gasteiger partial charge in [0.2, 0.25) is 5.95 Å². The van der Waals surface area contributed by atoms with Crippen LogP contribution in [0, 0.1) is 0 Å². The number of fused-ring (bicyclic) bond motifs is 1. The summed E-state index contributed by atoms with van der Waals surface area (Å²) in [6.45, 7) is 3.59. The second-order valence-corrected chi connectivity index (χ2v) is 5.02. The number of unbranched alkanes of at least 4 members (excludes halogenated alkanes) is 1. The Balaban J connectivity index is 1.78. The Labute approximate surface area is 127 Å². The molecule has 116 valence electrons. The lowest BCUT2D eigenvalue weighted by molar-refractivity contribution is 0.564. The van der Waals surface area contributed by atoms with Crippen LogP contribution in [0.2, 0.25) is 0 Å². The molecule has 3 rings (SSSR count). The van der Waals surface area contributed by atoms with Gasteiger partial charge in [-0.3, -0.25) is 0 Å². The van der Waals surface area contributed by atoms with Crippen LogP contribution in [0.4, 0.5) is 11.8 Å². The van der Waals surface area contributed by atoms with Crippen molar-refractivity contribution in [2.75, 3.05) is 17.6 Å². The van der Waals surface area contributed by atoms with Gasteiger partial charge < -0.3 is 16.0 Å². The van der Waals surface area contributed by atoms with Crippen LogP contribution >= 0.6 is 0 Å². The number of hydrogen-bond acceptors (Lipinski definition) is 7. The molecule has 9 heteroatoms. The van der Waals surface area contributed by atoms with Gasteiger partial charge in [-0.25, -0.2) is 9.67 Å². The average Bonchev–Trinajstić information content (AvgIpc) is 3.14. The van der Waals surface area contributed by atoms with Crippen molar-refractivity contribution >= 4 is 22.9 Å². The fourth-order valence-corrected chi connectivity index (χ4v) is 2.19. The Bertz CT molecular complexity index is 731. The predicted octanol–water partition coefficient (Wildman–Crippen LogP) is 0.981. The van der Waals surface area contributed by atoms with Gasteiger partial charge in [0.1, 0.15) is 0 Å². The molecule has 9 nitrogen and oxygen atoms in total. The molecule has 0 amide bonds. The maximum absolute atomic E-state index is 5.80. The van der Waals surface area contributed by atoms with E-state index in [9.17, 15) is 0 Å². The zero-order valence-electron chi connectivity index (χ0n) is 12.5. The summed E-state index contributed by atoms with van der Waals surface area (Å²) in [7, 11) is 0. The molecule has 0 atom stereocenters. The van der Waals surface area contributed by atoms with Crippen LogP contribution in [0.3, 0.4) is 0 Å². The minimum absolute atomic E-state index is 0.219. The lowest BCUT2D eigenvalue weighted by atomic mass is 10.3. The van der Waals surface area contributed by atoms with E-state index in [-0.39, 0.29) is 5.95 Å². The summed E-state index contributed by atoms with van der Waals surface area (Å²) in [5.41, 5.74) is 8.17. The number of aromatic nitrogens is 7. The van der Waals surface area contributed by atoms with Crippen molar-refractivity contribution in [1.82, 2.24) is 34.9 Å². The molecule has 0 aliphatic rings. The summed E-state index contributed by atoms with van der Waals surface area (Å²) in [5, 5.41) is 11.6. The molecular weight excluding hydrogens is 282 g/mol. The van der Waals surface area contributed by atoms with E-state index in [0.29, 0.717) is 23.5 Å². The lowest BCUT2D eigenvalue weighted by Gasteiger charge is -2.06. The number of nitrogens with two attached hydrogens (primary N) is 1. The SMILES string of the molecule is CCCCn1nnc2c(NCCc3cnc[nH]3)nc(N)nc21. The second kappa shape index (κ2) is 6.37. The van der Waals surface area contributed by atoms with Crippen molar-refractivity contribution < 1.29 is 0 Å². The molecule has 22 heavy (non-hydrogen) atoms. The van der Waals surface area contributed by atoms with Gasteiger partial charge in [0, 0.05) is 31.4 Å². The first kappa shape index (κ1) is 14.2. The molecular formula is C13H19N9. The highest BCUT2D eigenvalue weighted by Gasteiger charge is 2.13. The monoisotopic (exact) mass is 301 g/mol. The fraction of sp³-hybridized carbons (Fsp3) is 0.462. The van der Waals surface area contributed by atoms with Gasteiger partial charge >= 0.3 is 0 Å². The second-order valence-electron chi connectivity index (χ2n) is 5.02. The summed E-state index contributed by atoms with van der Waals surface area (Å²) in [5.74, 6) is 0.835. The van der Waals surface area contributed by atoms with E-state index >= 15 is 0 Å². The molecule has 0 aliphatic heterocycles. The van der Waals surface area contributed by atoms with E-state index in [1.165, 1.54) is 0 Å². The van der Waals surface area contributed by atoms with Gasteiger partial charge in [0.15, 0.2) is 17.0 Å². The van der Waals surface area contributed by atoms with Gasteiger partial charge in [-0.1, -0.05) is 18.6 Å². The number of nitrogens with zero attached hydrogens (tertiary/aromatic N) is 6. The number of H-pyrrole nitrogens is 1. The highest BCUT2D eigenvalue weighted by atomic mass is 15.4. The number of rotatable bonds is 7. The van der Waals surface area contributed by atoms with E-state index in [4.69, 9.17) is 5.73 Å². The first-order valence-corrected chi connectivity index (χ1v) is 7.35. The normalized spacial score (nSPS) is 11.1. The number of hydrogen-bond donors (Lipinski definition) is 3. The fourth-order valence-electron chi connectivity index (χ4n) is 2.19. The van der Waals surface area contributed by atoms with Gasteiger partial charge in [-0.15, -0.1) is 5.10 Å². The first-order chi connectivity index (χ1) is 10.8. The lowest BCUT2D eigenvalue weighted by Crippen LogP contribution is -2.09. The minimum Gasteiger partial charge on any atom is -0.368 e. The molecule has 4 N–H and O–H groups in total. The zero-order chi connectivity index (χ0) is 15.4. The van der Waals surface area contributed by atoms with Crippen LogP contribution in [0.15, 0.2) is 12.5 Å². The molecule has 3 heterocycles. The number of nitrogen functional groups attached to an aromatic ring is 1. The van der Waals surface area contributed by atoms with E-state index in [0.717, 1.165) is 31.5 Å². The molecule has 0 radical (unpaired) electrons. The van der Waals surface area contributed by atoms with Gasteiger partial charge in [0.25, 0.3) is 0 Å². The predicted molar refractivity (Wildman–Crippen MR) is 83.2 cm³/mol. The van der Waals surface area contributed by atoms with Crippen molar-refractivity contribution in [3.05, 3.63) is 18.2 Å². The summed E-state index contributed by atoms with van der Waals surface area (Å²) >= 11 is 0. The highest BCUT2D eigenvalue weighted by Crippen LogP contribution is 2.18. The number of nitrogens with one attached hydrogen (secondary N) is 2. The Morgan fingerprint density at radius 3 is 3.05 bits per heavy atom. The third kappa shape index (κ3) is 2.97. The molecule has 0 aromatic carbocycles. The molecule has 0 fully saturated rings. The van der Waals surface area contributed by atoms with Crippen LogP contribution in [0.5, 0.6) is 0 Å². The van der Waals surface area contributed by atoms with Crippen LogP contribution in [0.25, 0.3) is 11.2 Å². The topological polar surface area (TPSA) is 123 Å². The third-order valence-corrected chi connectivity index (χ3v) is 3.35. The van der Waals surface area contributed by atoms with Crippen molar-refractivity contribution in [2.45, 2.75) is 32.7 Å². The Hall–Kier alpha value is -2.71. The Morgan fingerprint density at radius 1 is 1.36 bits per heavy atom. The Kier molecular flexibility index (Phi) is 4.12. The molecule has 0 bridgehead atoms. The summed E-state index contributed by atoms with van der Waals surface area (Å²) < 4.78 is 1.77. The van der Waals surface area contributed by atoms with E-state index in [1.54, 1.807) is 17.2 Å². The van der Waals surface area contributed by atoms with Crippen LogP contribution in [0.1, 0.15) is 25.5 Å². The van der Waals surface area contributed by atoms with Crippen LogP contribution < -0.4 is 11.1 Å². The van der Waals surface area contributed by atoms with Gasteiger partial charge in [-0.2, -0.15) is 9.97 Å². The summed E-state index contributed by atoms with van der Waals surface area (Å²) in [4.78, 5) is 15.5. The largest absolute Gasteiger partial charge is 0.368 e. The minimum atomic E-state index is 0.219. The number of imidazole rings is 1. The molecule has 0 spiro atoms. The van der Waals surface area contributed by atoms with E-state index in [2.05, 4.69) is 42.5 Å². The highest BCUT2D eigenvalue weighted by molar-refractivity contribution is 5.83. The van der Waals surface area contributed by atoms with Crippen LogP contribution in [-0.4, -0.2) is 41.5 Å². The van der Waals surface area contributed by atoms with Gasteiger partial charge in [-0.05, 0) is 6.42 Å². The third-order valence-electron chi connectivity index (χ3n) is 3.35. The molecule has 3 aromatic heterocycles. The molecule has 0 saturated carbocycles. The van der Waals surface area contributed by atoms with Crippen LogP contribution in [-0.2, 0) is 13.0 Å². The molecule has 0 aliphatic carbocycles. The first-order valence-electron chi connectivity index (χ1n) is 7.35. The van der Waals surface area contributed by atoms with E-state index < -0.39 is 0 Å². The molecule has 0 saturated heterocycles. The standard InChI is InChI=1S/C13H19N9/c1-2-3-6-22-12-10(20-21-22)11(18-13(14)19-12)16-5-4-9-7-15-8-17-9/h7-8H,2-6H2,1H3,(H,15,17)(H3,14,16,18,19). The number of aryl methyl sites for hydroxylation is 1. The Morgan fingerprint density at radius 2 is 2.27 bits per heavy atom.